The van der Waals surface area contributed by atoms with Gasteiger partial charge in [0.25, 0.3) is 0 Å². The number of esters is 1. The highest BCUT2D eigenvalue weighted by Gasteiger charge is 2.11. The lowest BCUT2D eigenvalue weighted by Gasteiger charge is -2.08. The van der Waals surface area contributed by atoms with Gasteiger partial charge in [0.15, 0.2) is 0 Å². The minimum Gasteiger partial charge on any atom is -0.491 e. The van der Waals surface area contributed by atoms with E-state index in [1.807, 2.05) is 36.4 Å². The van der Waals surface area contributed by atoms with E-state index in [9.17, 15) is 4.79 Å². The van der Waals surface area contributed by atoms with E-state index >= 15 is 0 Å². The maximum Gasteiger partial charge on any atom is 0.330 e. The number of aliphatic hydroxyl groups excluding tert-OH is 1. The first-order valence-electron chi connectivity index (χ1n) is 11.5. The van der Waals surface area contributed by atoms with Crippen LogP contribution in [0.4, 0.5) is 0 Å². The van der Waals surface area contributed by atoms with E-state index in [1.54, 1.807) is 13.0 Å². The molecule has 3 aromatic carbocycles. The Bertz CT molecular complexity index is 1260. The molecular formula is C29H29NO4. The zero-order valence-corrected chi connectivity index (χ0v) is 19.3. The predicted molar refractivity (Wildman–Crippen MR) is 135 cm³/mol. The summed E-state index contributed by atoms with van der Waals surface area (Å²) in [5, 5.41) is 10.1. The number of aryl methyl sites for hydroxylation is 2. The van der Waals surface area contributed by atoms with Gasteiger partial charge in [0, 0.05) is 23.3 Å². The topological polar surface area (TPSA) is 60.7 Å². The molecule has 0 saturated carbocycles. The van der Waals surface area contributed by atoms with E-state index in [2.05, 4.69) is 47.2 Å². The minimum atomic E-state index is -0.340. The predicted octanol–water partition coefficient (Wildman–Crippen LogP) is 5.36. The third-order valence-electron chi connectivity index (χ3n) is 5.61. The van der Waals surface area contributed by atoms with Gasteiger partial charge in [-0.25, -0.2) is 4.79 Å². The summed E-state index contributed by atoms with van der Waals surface area (Å²) < 4.78 is 12.7. The zero-order valence-electron chi connectivity index (χ0n) is 19.3. The van der Waals surface area contributed by atoms with Crippen molar-refractivity contribution in [3.8, 4) is 11.4 Å². The quantitative estimate of drug-likeness (QED) is 0.258. The van der Waals surface area contributed by atoms with Crippen molar-refractivity contribution in [1.82, 2.24) is 4.57 Å². The van der Waals surface area contributed by atoms with Gasteiger partial charge in [-0.1, -0.05) is 36.4 Å². The van der Waals surface area contributed by atoms with Gasteiger partial charge in [-0.2, -0.15) is 0 Å². The molecule has 5 nitrogen and oxygen atoms in total. The highest BCUT2D eigenvalue weighted by atomic mass is 16.5. The Balaban J connectivity index is 1.68. The number of carbonyl (C=O) groups is 1. The number of fused-ring (bicyclic) bond motifs is 1. The molecule has 34 heavy (non-hydrogen) atoms. The second-order valence-electron chi connectivity index (χ2n) is 7.94. The lowest BCUT2D eigenvalue weighted by atomic mass is 10.0. The number of aromatic nitrogens is 1. The third-order valence-corrected chi connectivity index (χ3v) is 5.61. The van der Waals surface area contributed by atoms with Crippen molar-refractivity contribution in [1.29, 1.82) is 0 Å². The van der Waals surface area contributed by atoms with E-state index in [4.69, 9.17) is 14.6 Å². The van der Waals surface area contributed by atoms with Crippen molar-refractivity contribution in [3.63, 3.8) is 0 Å². The fourth-order valence-corrected chi connectivity index (χ4v) is 3.98. The van der Waals surface area contributed by atoms with Crippen LogP contribution in [0, 0.1) is 0 Å². The largest absolute Gasteiger partial charge is 0.491 e. The number of aliphatic hydroxyl groups is 1. The van der Waals surface area contributed by atoms with Crippen LogP contribution in [0.15, 0.2) is 85.1 Å². The first kappa shape index (κ1) is 23.3. The average Bonchev–Trinajstić information content (AvgIpc) is 3.24. The van der Waals surface area contributed by atoms with Crippen LogP contribution in [0.3, 0.4) is 0 Å². The van der Waals surface area contributed by atoms with Crippen molar-refractivity contribution < 1.29 is 19.4 Å². The number of benzene rings is 3. The summed E-state index contributed by atoms with van der Waals surface area (Å²) in [7, 11) is 0. The molecule has 0 aliphatic rings. The van der Waals surface area contributed by atoms with Crippen LogP contribution in [0.2, 0.25) is 0 Å². The molecule has 1 N–H and O–H groups in total. The summed E-state index contributed by atoms with van der Waals surface area (Å²) in [5.41, 5.74) is 5.62. The van der Waals surface area contributed by atoms with Crippen molar-refractivity contribution in [2.75, 3.05) is 19.8 Å². The summed E-state index contributed by atoms with van der Waals surface area (Å²) in [6.45, 7) is 2.42. The molecule has 0 amide bonds. The van der Waals surface area contributed by atoms with Gasteiger partial charge in [-0.3, -0.25) is 0 Å². The van der Waals surface area contributed by atoms with Gasteiger partial charge in [-0.05, 0) is 78.9 Å². The second kappa shape index (κ2) is 11.3. The number of nitrogens with zero attached hydrogens (tertiary/aromatic N) is 1. The summed E-state index contributed by atoms with van der Waals surface area (Å²) in [4.78, 5) is 11.8. The number of rotatable bonds is 10. The molecule has 174 valence electrons. The standard InChI is InChI=1S/C29H29NO4/c1-2-33-29(32)17-10-23-9-16-28-27(20-23)24(11-8-22-6-4-3-5-7-22)21-30(28)25-12-14-26(15-13-25)34-19-18-31/h3-7,9-10,12-17,20-21,31H,2,8,11,18-19H2,1H3. The molecule has 1 heterocycles. The van der Waals surface area contributed by atoms with Gasteiger partial charge in [0.1, 0.15) is 12.4 Å². The molecule has 0 saturated heterocycles. The molecule has 0 bridgehead atoms. The van der Waals surface area contributed by atoms with Crippen LogP contribution >= 0.6 is 0 Å². The Kier molecular flexibility index (Phi) is 7.79. The van der Waals surface area contributed by atoms with Crippen LogP contribution in [-0.2, 0) is 22.4 Å². The molecule has 4 aromatic rings. The first-order chi connectivity index (χ1) is 16.7. The summed E-state index contributed by atoms with van der Waals surface area (Å²) in [6, 6.07) is 24.5. The Hall–Kier alpha value is -3.83. The number of hydrogen-bond donors (Lipinski definition) is 1. The smallest absolute Gasteiger partial charge is 0.330 e. The average molecular weight is 456 g/mol. The van der Waals surface area contributed by atoms with Crippen LogP contribution in [0.1, 0.15) is 23.6 Å². The minimum absolute atomic E-state index is 0.0122. The van der Waals surface area contributed by atoms with E-state index in [0.29, 0.717) is 6.61 Å². The molecule has 5 heteroatoms. The third kappa shape index (κ3) is 5.74. The molecule has 0 fully saturated rings. The molecule has 0 spiro atoms. The van der Waals surface area contributed by atoms with E-state index in [1.165, 1.54) is 17.2 Å². The monoisotopic (exact) mass is 455 g/mol. The molecule has 0 aliphatic carbocycles. The van der Waals surface area contributed by atoms with Gasteiger partial charge in [0.05, 0.1) is 18.7 Å². The SMILES string of the molecule is CCOC(=O)C=Cc1ccc2c(c1)c(CCc1ccccc1)cn2-c1ccc(OCCO)cc1. The lowest BCUT2D eigenvalue weighted by Crippen LogP contribution is -2.01. The summed E-state index contributed by atoms with van der Waals surface area (Å²) in [6.07, 6.45) is 7.29. The summed E-state index contributed by atoms with van der Waals surface area (Å²) in [5.74, 6) is 0.387. The Morgan fingerprint density at radius 3 is 2.53 bits per heavy atom. The van der Waals surface area contributed by atoms with Crippen LogP contribution in [0.5, 0.6) is 5.75 Å². The molecule has 0 aliphatic heterocycles. The number of carbonyl (C=O) groups excluding carboxylic acids is 1. The zero-order chi connectivity index (χ0) is 23.8. The molecular weight excluding hydrogens is 426 g/mol. The van der Waals surface area contributed by atoms with Gasteiger partial charge < -0.3 is 19.1 Å². The molecule has 0 atom stereocenters. The normalized spacial score (nSPS) is 11.2. The number of hydrogen-bond acceptors (Lipinski definition) is 4. The van der Waals surface area contributed by atoms with Crippen LogP contribution in [0.25, 0.3) is 22.7 Å². The first-order valence-corrected chi connectivity index (χ1v) is 11.5. The van der Waals surface area contributed by atoms with E-state index in [0.717, 1.165) is 40.7 Å². The Morgan fingerprint density at radius 2 is 1.79 bits per heavy atom. The van der Waals surface area contributed by atoms with Crippen molar-refractivity contribution in [2.24, 2.45) is 0 Å². The lowest BCUT2D eigenvalue weighted by molar-refractivity contribution is -0.137. The fraction of sp³-hybridized carbons (Fsp3) is 0.207. The molecule has 1 aromatic heterocycles. The summed E-state index contributed by atoms with van der Waals surface area (Å²) >= 11 is 0. The maximum atomic E-state index is 11.8. The van der Waals surface area contributed by atoms with Gasteiger partial charge in [-0.15, -0.1) is 0 Å². The molecule has 4 rings (SSSR count). The highest BCUT2D eigenvalue weighted by Crippen LogP contribution is 2.28. The molecule has 0 unspecified atom stereocenters. The van der Waals surface area contributed by atoms with E-state index < -0.39 is 0 Å². The van der Waals surface area contributed by atoms with Gasteiger partial charge >= 0.3 is 5.97 Å². The second-order valence-corrected chi connectivity index (χ2v) is 7.94. The van der Waals surface area contributed by atoms with Crippen LogP contribution < -0.4 is 4.74 Å². The molecule has 0 radical (unpaired) electrons. The van der Waals surface area contributed by atoms with E-state index in [-0.39, 0.29) is 19.2 Å². The Morgan fingerprint density at radius 1 is 1.00 bits per heavy atom. The van der Waals surface area contributed by atoms with Crippen LogP contribution in [-0.4, -0.2) is 35.5 Å². The Labute approximate surface area is 199 Å². The van der Waals surface area contributed by atoms with Crippen molar-refractivity contribution in [3.05, 3.63) is 102 Å². The van der Waals surface area contributed by atoms with Crippen molar-refractivity contribution >= 4 is 22.9 Å². The number of ether oxygens (including phenoxy) is 2. The highest BCUT2D eigenvalue weighted by molar-refractivity contribution is 5.91. The van der Waals surface area contributed by atoms with Crippen molar-refractivity contribution in [2.45, 2.75) is 19.8 Å². The fourth-order valence-electron chi connectivity index (χ4n) is 3.98. The van der Waals surface area contributed by atoms with Gasteiger partial charge in [0.2, 0.25) is 0 Å². The maximum absolute atomic E-state index is 11.8.